The Hall–Kier alpha value is -7.42. The molecule has 56 heavy (non-hydrogen) atoms. The van der Waals surface area contributed by atoms with Crippen molar-refractivity contribution < 1.29 is 0 Å². The van der Waals surface area contributed by atoms with Gasteiger partial charge < -0.3 is 9.13 Å². The zero-order chi connectivity index (χ0) is 37.0. The normalized spacial score (nSPS) is 11.6. The highest BCUT2D eigenvalue weighted by Gasteiger charge is 2.16. The molecule has 0 aliphatic rings. The van der Waals surface area contributed by atoms with Crippen molar-refractivity contribution in [3.8, 4) is 55.9 Å². The van der Waals surface area contributed by atoms with Gasteiger partial charge in [-0.2, -0.15) is 0 Å². The minimum Gasteiger partial charge on any atom is -0.309 e. The van der Waals surface area contributed by atoms with Crippen LogP contribution in [0.25, 0.3) is 99.5 Å². The predicted molar refractivity (Wildman–Crippen MR) is 237 cm³/mol. The van der Waals surface area contributed by atoms with Crippen LogP contribution in [-0.4, -0.2) is 9.13 Å². The molecular weight excluding hydrogens is 677 g/mol. The molecular formula is C54H36N2. The van der Waals surface area contributed by atoms with E-state index in [-0.39, 0.29) is 0 Å². The summed E-state index contributed by atoms with van der Waals surface area (Å²) >= 11 is 0. The van der Waals surface area contributed by atoms with E-state index >= 15 is 0 Å². The van der Waals surface area contributed by atoms with Gasteiger partial charge in [0.2, 0.25) is 0 Å². The molecule has 2 heteroatoms. The molecule has 11 aromatic rings. The number of rotatable bonds is 6. The average molecular weight is 713 g/mol. The molecule has 0 aliphatic carbocycles. The van der Waals surface area contributed by atoms with Gasteiger partial charge in [0, 0.05) is 32.9 Å². The van der Waals surface area contributed by atoms with Crippen LogP contribution < -0.4 is 0 Å². The molecule has 0 aliphatic heterocycles. The highest BCUT2D eigenvalue weighted by Crippen LogP contribution is 2.39. The average Bonchev–Trinajstić information content (AvgIpc) is 3.80. The van der Waals surface area contributed by atoms with E-state index < -0.39 is 0 Å². The molecule has 2 heterocycles. The summed E-state index contributed by atoms with van der Waals surface area (Å²) in [5.74, 6) is 0. The standard InChI is InChI=1S/C54H36N2/c1-2-13-37(14-3-1)40-15-12-16-41(35-40)42-29-34-45(38-25-30-43(31-26-38)55-51-21-8-4-17-46(51)47-18-5-9-22-52(47)55)50(36-42)39-27-32-44(33-28-39)56-53-23-10-6-19-48(53)49-20-7-11-24-54(49)56/h1-36H. The fraction of sp³-hybridized carbons (Fsp3) is 0. The fourth-order valence-corrected chi connectivity index (χ4v) is 8.70. The van der Waals surface area contributed by atoms with Crippen molar-refractivity contribution in [1.82, 2.24) is 9.13 Å². The molecule has 0 radical (unpaired) electrons. The molecule has 0 atom stereocenters. The number of hydrogen-bond acceptors (Lipinski definition) is 0. The summed E-state index contributed by atoms with van der Waals surface area (Å²) in [6.45, 7) is 0. The summed E-state index contributed by atoms with van der Waals surface area (Å²) in [4.78, 5) is 0. The summed E-state index contributed by atoms with van der Waals surface area (Å²) < 4.78 is 4.76. The number of hydrogen-bond donors (Lipinski definition) is 0. The van der Waals surface area contributed by atoms with Crippen molar-refractivity contribution in [3.05, 3.63) is 218 Å². The zero-order valence-electron chi connectivity index (χ0n) is 30.7. The maximum Gasteiger partial charge on any atom is 0.0541 e. The zero-order valence-corrected chi connectivity index (χ0v) is 30.7. The van der Waals surface area contributed by atoms with Crippen molar-refractivity contribution in [2.24, 2.45) is 0 Å². The van der Waals surface area contributed by atoms with Crippen LogP contribution in [0.1, 0.15) is 0 Å². The minimum atomic E-state index is 1.15. The minimum absolute atomic E-state index is 1.15. The third kappa shape index (κ3) is 5.26. The van der Waals surface area contributed by atoms with Gasteiger partial charge in [0.1, 0.15) is 0 Å². The number of aromatic nitrogens is 2. The summed E-state index contributed by atoms with van der Waals surface area (Å²) in [5.41, 5.74) is 16.7. The third-order valence-electron chi connectivity index (χ3n) is 11.4. The Morgan fingerprint density at radius 2 is 0.571 bits per heavy atom. The van der Waals surface area contributed by atoms with Crippen LogP contribution in [0.3, 0.4) is 0 Å². The van der Waals surface area contributed by atoms with Gasteiger partial charge in [0.15, 0.2) is 0 Å². The Morgan fingerprint density at radius 3 is 1.05 bits per heavy atom. The lowest BCUT2D eigenvalue weighted by atomic mass is 9.90. The van der Waals surface area contributed by atoms with Gasteiger partial charge in [-0.05, 0) is 105 Å². The lowest BCUT2D eigenvalue weighted by Crippen LogP contribution is -1.95. The molecule has 11 rings (SSSR count). The molecule has 0 N–H and O–H groups in total. The molecule has 0 amide bonds. The van der Waals surface area contributed by atoms with Gasteiger partial charge >= 0.3 is 0 Å². The Balaban J connectivity index is 1.05. The van der Waals surface area contributed by atoms with Crippen molar-refractivity contribution in [3.63, 3.8) is 0 Å². The van der Waals surface area contributed by atoms with E-state index in [4.69, 9.17) is 0 Å². The first-order chi connectivity index (χ1) is 27.8. The summed E-state index contributed by atoms with van der Waals surface area (Å²) in [5, 5.41) is 5.07. The first kappa shape index (κ1) is 32.0. The Labute approximate surface area is 325 Å². The Kier molecular flexibility index (Phi) is 7.53. The van der Waals surface area contributed by atoms with Crippen LogP contribution in [0.5, 0.6) is 0 Å². The number of benzene rings is 9. The SMILES string of the molecule is c1ccc(-c2cccc(-c3ccc(-c4ccc(-n5c6ccccc6c6ccccc65)cc4)c(-c4ccc(-n5c6ccccc6c6ccccc65)cc4)c3)c2)cc1. The van der Waals surface area contributed by atoms with Crippen LogP contribution in [0, 0.1) is 0 Å². The van der Waals surface area contributed by atoms with Gasteiger partial charge in [-0.15, -0.1) is 0 Å². The van der Waals surface area contributed by atoms with Crippen molar-refractivity contribution in [1.29, 1.82) is 0 Å². The largest absolute Gasteiger partial charge is 0.309 e. The Morgan fingerprint density at radius 1 is 0.214 bits per heavy atom. The van der Waals surface area contributed by atoms with Crippen LogP contribution >= 0.6 is 0 Å². The molecule has 2 nitrogen and oxygen atoms in total. The highest BCUT2D eigenvalue weighted by atomic mass is 15.0. The van der Waals surface area contributed by atoms with E-state index in [0.717, 1.165) is 11.4 Å². The van der Waals surface area contributed by atoms with E-state index in [1.54, 1.807) is 0 Å². The second-order valence-electron chi connectivity index (χ2n) is 14.5. The summed E-state index contributed by atoms with van der Waals surface area (Å²) in [7, 11) is 0. The first-order valence-corrected chi connectivity index (χ1v) is 19.3. The van der Waals surface area contributed by atoms with Crippen molar-refractivity contribution in [2.45, 2.75) is 0 Å². The van der Waals surface area contributed by atoms with Gasteiger partial charge in [-0.25, -0.2) is 0 Å². The highest BCUT2D eigenvalue weighted by molar-refractivity contribution is 6.10. The van der Waals surface area contributed by atoms with Crippen molar-refractivity contribution in [2.75, 3.05) is 0 Å². The lowest BCUT2D eigenvalue weighted by molar-refractivity contribution is 1.18. The summed E-state index contributed by atoms with van der Waals surface area (Å²) in [6.07, 6.45) is 0. The molecule has 9 aromatic carbocycles. The predicted octanol–water partition coefficient (Wildman–Crippen LogP) is 14.5. The lowest BCUT2D eigenvalue weighted by Gasteiger charge is -2.16. The van der Waals surface area contributed by atoms with Gasteiger partial charge in [0.05, 0.1) is 22.1 Å². The molecule has 262 valence electrons. The number of nitrogens with zero attached hydrogens (tertiary/aromatic N) is 2. The number of fused-ring (bicyclic) bond motifs is 6. The van der Waals surface area contributed by atoms with E-state index in [1.807, 2.05) is 0 Å². The number of para-hydroxylation sites is 4. The van der Waals surface area contributed by atoms with Crippen LogP contribution in [0.4, 0.5) is 0 Å². The second kappa shape index (κ2) is 13.2. The smallest absolute Gasteiger partial charge is 0.0541 e. The molecule has 2 aromatic heterocycles. The molecule has 0 spiro atoms. The van der Waals surface area contributed by atoms with E-state index in [0.29, 0.717) is 0 Å². The van der Waals surface area contributed by atoms with Crippen LogP contribution in [0.15, 0.2) is 218 Å². The topological polar surface area (TPSA) is 9.86 Å². The van der Waals surface area contributed by atoms with E-state index in [2.05, 4.69) is 228 Å². The fourth-order valence-electron chi connectivity index (χ4n) is 8.70. The van der Waals surface area contributed by atoms with Crippen LogP contribution in [0.2, 0.25) is 0 Å². The van der Waals surface area contributed by atoms with E-state index in [9.17, 15) is 0 Å². The quantitative estimate of drug-likeness (QED) is 0.162. The maximum absolute atomic E-state index is 2.38. The molecule has 0 bridgehead atoms. The third-order valence-corrected chi connectivity index (χ3v) is 11.4. The van der Waals surface area contributed by atoms with E-state index in [1.165, 1.54) is 88.1 Å². The molecule has 0 unspecified atom stereocenters. The molecule has 0 saturated carbocycles. The first-order valence-electron chi connectivity index (χ1n) is 19.3. The van der Waals surface area contributed by atoms with Gasteiger partial charge in [-0.1, -0.05) is 158 Å². The monoisotopic (exact) mass is 712 g/mol. The molecule has 0 fully saturated rings. The Bertz CT molecular complexity index is 3110. The van der Waals surface area contributed by atoms with Gasteiger partial charge in [0.25, 0.3) is 0 Å². The summed E-state index contributed by atoms with van der Waals surface area (Å²) in [6, 6.07) is 79.4. The molecule has 0 saturated heterocycles. The van der Waals surface area contributed by atoms with Crippen molar-refractivity contribution >= 4 is 43.6 Å². The maximum atomic E-state index is 2.38. The van der Waals surface area contributed by atoms with Gasteiger partial charge in [-0.3, -0.25) is 0 Å². The second-order valence-corrected chi connectivity index (χ2v) is 14.5. The van der Waals surface area contributed by atoms with Crippen LogP contribution in [-0.2, 0) is 0 Å².